The highest BCUT2D eigenvalue weighted by Crippen LogP contribution is 2.30. The molecule has 7 N–H and O–H groups in total. The molecule has 0 bridgehead atoms. The molecule has 4 aromatic carbocycles. The van der Waals surface area contributed by atoms with E-state index in [4.69, 9.17) is 4.18 Å². The topological polar surface area (TPSA) is 196 Å². The summed E-state index contributed by atoms with van der Waals surface area (Å²) in [6.07, 6.45) is 3.63. The van der Waals surface area contributed by atoms with Gasteiger partial charge in [-0.15, -0.1) is 0 Å². The van der Waals surface area contributed by atoms with Gasteiger partial charge in [-0.05, 0) is 73.5 Å². The standard InChI is InChI=1S/C37H38N12O3S2/c1-4-38-32-44-34(40-26-12-8-6-9-13-26)48-36(46-32)42-28-20-18-24(30(22-28)53-50)16-17-25-19-21-29(23-31(25)54(51)52-3)43-37-47-33(39-5-2)45-35(49-37)41-27-14-10-7-11-15-27/h6-23,50H,4-5H2,1-3H3,(H3,38,40,42,44,46,48)(H3,39,41,43,45,47,49)/b17-16+. The van der Waals surface area contributed by atoms with Crippen LogP contribution in [0.3, 0.4) is 0 Å². The summed E-state index contributed by atoms with van der Waals surface area (Å²) < 4.78 is 28.5. The quantitative estimate of drug-likeness (QED) is 0.0346. The molecule has 0 radical (unpaired) electrons. The van der Waals surface area contributed by atoms with Crippen molar-refractivity contribution >= 4 is 93.7 Å². The van der Waals surface area contributed by atoms with Crippen LogP contribution in [-0.4, -0.2) is 58.9 Å². The summed E-state index contributed by atoms with van der Waals surface area (Å²) in [4.78, 5) is 27.9. The largest absolute Gasteiger partial charge is 0.354 e. The molecule has 0 aliphatic heterocycles. The van der Waals surface area contributed by atoms with Crippen molar-refractivity contribution in [2.45, 2.75) is 23.6 Å². The van der Waals surface area contributed by atoms with Gasteiger partial charge in [0.15, 0.2) is 11.1 Å². The lowest BCUT2D eigenvalue weighted by atomic mass is 10.1. The molecule has 0 fully saturated rings. The molecule has 6 rings (SSSR count). The molecule has 54 heavy (non-hydrogen) atoms. The normalized spacial score (nSPS) is 11.6. The third kappa shape index (κ3) is 10.3. The van der Waals surface area contributed by atoms with Crippen LogP contribution in [0.1, 0.15) is 25.0 Å². The molecule has 6 aromatic rings. The van der Waals surface area contributed by atoms with Crippen LogP contribution in [0.25, 0.3) is 12.2 Å². The van der Waals surface area contributed by atoms with Gasteiger partial charge in [-0.2, -0.15) is 29.9 Å². The number of para-hydroxylation sites is 2. The fraction of sp³-hybridized carbons (Fsp3) is 0.135. The maximum atomic E-state index is 13.1. The molecule has 0 amide bonds. The summed E-state index contributed by atoms with van der Waals surface area (Å²) in [6.45, 7) is 5.15. The fourth-order valence-corrected chi connectivity index (χ4v) is 6.15. The maximum Gasteiger partial charge on any atom is 0.233 e. The minimum atomic E-state index is -1.78. The summed E-state index contributed by atoms with van der Waals surface area (Å²) in [6, 6.07) is 30.0. The number of aromatic nitrogens is 6. The summed E-state index contributed by atoms with van der Waals surface area (Å²) in [5.41, 5.74) is 4.27. The number of hydrogen-bond acceptors (Lipinski definition) is 16. The van der Waals surface area contributed by atoms with E-state index in [1.54, 1.807) is 12.1 Å². The Hall–Kier alpha value is -6.14. The molecule has 1 unspecified atom stereocenters. The van der Waals surface area contributed by atoms with Gasteiger partial charge in [-0.3, -0.25) is 4.18 Å². The van der Waals surface area contributed by atoms with E-state index >= 15 is 0 Å². The molecule has 0 saturated carbocycles. The van der Waals surface area contributed by atoms with E-state index in [2.05, 4.69) is 61.8 Å². The predicted molar refractivity (Wildman–Crippen MR) is 218 cm³/mol. The molecule has 2 heterocycles. The Bertz CT molecular complexity index is 2230. The number of anilines is 10. The van der Waals surface area contributed by atoms with Crippen molar-refractivity contribution in [3.8, 4) is 0 Å². The van der Waals surface area contributed by atoms with Crippen LogP contribution >= 0.6 is 12.0 Å². The second-order valence-corrected chi connectivity index (χ2v) is 13.1. The lowest BCUT2D eigenvalue weighted by Gasteiger charge is -2.13. The van der Waals surface area contributed by atoms with Crippen LogP contribution in [-0.2, 0) is 15.3 Å². The number of nitrogens with zero attached hydrogens (tertiary/aromatic N) is 6. The zero-order chi connectivity index (χ0) is 37.7. The Morgan fingerprint density at radius 2 is 1.02 bits per heavy atom. The van der Waals surface area contributed by atoms with Gasteiger partial charge < -0.3 is 36.5 Å². The Kier molecular flexibility index (Phi) is 12.9. The summed E-state index contributed by atoms with van der Waals surface area (Å²) in [5.74, 6) is 2.12. The van der Waals surface area contributed by atoms with Crippen molar-refractivity contribution in [1.29, 1.82) is 0 Å². The number of rotatable bonds is 17. The average molecular weight is 763 g/mol. The van der Waals surface area contributed by atoms with Crippen molar-refractivity contribution in [2.24, 2.45) is 0 Å². The first-order valence-corrected chi connectivity index (χ1v) is 18.7. The minimum absolute atomic E-state index is 0.286. The van der Waals surface area contributed by atoms with E-state index in [0.717, 1.165) is 16.9 Å². The summed E-state index contributed by atoms with van der Waals surface area (Å²) in [7, 11) is 1.38. The molecular formula is C37H38N12O3S2. The molecular weight excluding hydrogens is 725 g/mol. The van der Waals surface area contributed by atoms with Crippen LogP contribution in [0.4, 0.5) is 58.4 Å². The van der Waals surface area contributed by atoms with Gasteiger partial charge in [-0.25, -0.2) is 4.21 Å². The van der Waals surface area contributed by atoms with Gasteiger partial charge in [0.2, 0.25) is 35.7 Å². The SMILES string of the molecule is CCNc1nc(Nc2ccccc2)nc(Nc2ccc(/C=C/c3ccc(Nc4nc(NCC)nc(Nc5ccccc5)n4)cc3S(=O)OC)c(SO)c2)n1. The van der Waals surface area contributed by atoms with E-state index < -0.39 is 11.1 Å². The molecule has 0 spiro atoms. The highest BCUT2D eigenvalue weighted by Gasteiger charge is 2.14. The Balaban J connectivity index is 1.21. The first-order chi connectivity index (χ1) is 26.4. The molecule has 2 aromatic heterocycles. The van der Waals surface area contributed by atoms with Gasteiger partial charge in [0.1, 0.15) is 0 Å². The lowest BCUT2D eigenvalue weighted by Crippen LogP contribution is -2.09. The Labute approximate surface area is 319 Å². The average Bonchev–Trinajstić information content (AvgIpc) is 3.18. The summed E-state index contributed by atoms with van der Waals surface area (Å²) in [5, 5.41) is 19.1. The number of benzene rings is 4. The highest BCUT2D eigenvalue weighted by molar-refractivity contribution is 7.93. The van der Waals surface area contributed by atoms with Gasteiger partial charge >= 0.3 is 0 Å². The van der Waals surface area contributed by atoms with Crippen LogP contribution in [0, 0.1) is 0 Å². The molecule has 17 heteroatoms. The molecule has 1 atom stereocenters. The number of nitrogens with one attached hydrogen (secondary N) is 6. The first kappa shape index (κ1) is 37.6. The van der Waals surface area contributed by atoms with Crippen molar-refractivity contribution in [2.75, 3.05) is 52.1 Å². The Morgan fingerprint density at radius 3 is 1.48 bits per heavy atom. The van der Waals surface area contributed by atoms with E-state index in [0.29, 0.717) is 81.6 Å². The van der Waals surface area contributed by atoms with E-state index in [9.17, 15) is 8.76 Å². The van der Waals surface area contributed by atoms with Crippen molar-refractivity contribution in [3.05, 3.63) is 108 Å². The monoisotopic (exact) mass is 762 g/mol. The molecule has 0 aliphatic rings. The molecule has 0 aliphatic carbocycles. The third-order valence-corrected chi connectivity index (χ3v) is 8.98. The molecule has 276 valence electrons. The second kappa shape index (κ2) is 18.6. The third-order valence-electron chi connectivity index (χ3n) is 7.41. The van der Waals surface area contributed by atoms with Crippen molar-refractivity contribution in [1.82, 2.24) is 29.9 Å². The van der Waals surface area contributed by atoms with Crippen LogP contribution in [0.5, 0.6) is 0 Å². The van der Waals surface area contributed by atoms with Gasteiger partial charge in [0.25, 0.3) is 0 Å². The molecule has 15 nitrogen and oxygen atoms in total. The molecule has 0 saturated heterocycles. The number of hydrogen-bond donors (Lipinski definition) is 7. The van der Waals surface area contributed by atoms with Crippen molar-refractivity contribution < 1.29 is 12.9 Å². The van der Waals surface area contributed by atoms with Gasteiger partial charge in [0.05, 0.1) is 12.0 Å². The lowest BCUT2D eigenvalue weighted by molar-refractivity contribution is 0.445. The second-order valence-electron chi connectivity index (χ2n) is 11.2. The van der Waals surface area contributed by atoms with Gasteiger partial charge in [0, 0.05) is 52.8 Å². The van der Waals surface area contributed by atoms with E-state index in [1.165, 1.54) is 7.11 Å². The maximum absolute atomic E-state index is 13.1. The van der Waals surface area contributed by atoms with Crippen LogP contribution in [0.2, 0.25) is 0 Å². The smallest absolute Gasteiger partial charge is 0.233 e. The Morgan fingerprint density at radius 1 is 0.593 bits per heavy atom. The van der Waals surface area contributed by atoms with E-state index in [1.807, 2.05) is 111 Å². The highest BCUT2D eigenvalue weighted by atomic mass is 32.2. The van der Waals surface area contributed by atoms with Crippen LogP contribution in [0.15, 0.2) is 107 Å². The zero-order valence-electron chi connectivity index (χ0n) is 29.6. The predicted octanol–water partition coefficient (Wildman–Crippen LogP) is 8.30. The first-order valence-electron chi connectivity index (χ1n) is 16.8. The van der Waals surface area contributed by atoms with Crippen molar-refractivity contribution in [3.63, 3.8) is 0 Å². The van der Waals surface area contributed by atoms with E-state index in [-0.39, 0.29) is 5.95 Å². The zero-order valence-corrected chi connectivity index (χ0v) is 31.2. The van der Waals surface area contributed by atoms with Crippen LogP contribution < -0.4 is 31.9 Å². The fourth-order valence-electron chi connectivity index (χ4n) is 5.00. The summed E-state index contributed by atoms with van der Waals surface area (Å²) >= 11 is -1.18. The van der Waals surface area contributed by atoms with Gasteiger partial charge in [-0.1, -0.05) is 60.7 Å². The minimum Gasteiger partial charge on any atom is -0.354 e.